The molecule has 0 aliphatic heterocycles. The standard InChI is InChI=1S/C20H38O4/c1-2-3-4-5-6-7-8-9-10-11-12-13-14-15-20(22)24-19-18-23-17-16-21/h14-15,21H,2-13,16-19H2,1H3. The van der Waals surface area contributed by atoms with Gasteiger partial charge in [0.1, 0.15) is 6.61 Å². The fraction of sp³-hybridized carbons (Fsp3) is 0.850. The highest BCUT2D eigenvalue weighted by atomic mass is 16.6. The van der Waals surface area contributed by atoms with Crippen LogP contribution in [0.2, 0.25) is 0 Å². The molecule has 0 unspecified atom stereocenters. The van der Waals surface area contributed by atoms with Crippen molar-refractivity contribution < 1.29 is 19.4 Å². The molecule has 0 aliphatic carbocycles. The minimum atomic E-state index is -0.314. The largest absolute Gasteiger partial charge is 0.460 e. The van der Waals surface area contributed by atoms with E-state index in [0.29, 0.717) is 6.61 Å². The van der Waals surface area contributed by atoms with Gasteiger partial charge in [-0.15, -0.1) is 0 Å². The van der Waals surface area contributed by atoms with E-state index in [4.69, 9.17) is 14.6 Å². The van der Waals surface area contributed by atoms with Crippen molar-refractivity contribution >= 4 is 5.97 Å². The fourth-order valence-electron chi connectivity index (χ4n) is 2.52. The first-order chi connectivity index (χ1) is 11.8. The lowest BCUT2D eigenvalue weighted by atomic mass is 10.1. The van der Waals surface area contributed by atoms with Crippen LogP contribution in [0, 0.1) is 0 Å². The van der Waals surface area contributed by atoms with E-state index in [-0.39, 0.29) is 25.8 Å². The van der Waals surface area contributed by atoms with Gasteiger partial charge in [-0.2, -0.15) is 0 Å². The van der Waals surface area contributed by atoms with Crippen molar-refractivity contribution in [2.45, 2.75) is 84.0 Å². The van der Waals surface area contributed by atoms with Crippen LogP contribution in [0.15, 0.2) is 12.2 Å². The summed E-state index contributed by atoms with van der Waals surface area (Å²) in [6, 6.07) is 0. The highest BCUT2D eigenvalue weighted by molar-refractivity contribution is 5.81. The third-order valence-electron chi connectivity index (χ3n) is 3.94. The Bertz CT molecular complexity index is 289. The summed E-state index contributed by atoms with van der Waals surface area (Å²) in [7, 11) is 0. The summed E-state index contributed by atoms with van der Waals surface area (Å²) in [5.41, 5.74) is 0. The van der Waals surface area contributed by atoms with Crippen molar-refractivity contribution in [1.29, 1.82) is 0 Å². The normalized spacial score (nSPS) is 11.2. The van der Waals surface area contributed by atoms with Crippen molar-refractivity contribution in [2.24, 2.45) is 0 Å². The molecule has 0 aromatic rings. The summed E-state index contributed by atoms with van der Waals surface area (Å²) in [4.78, 5) is 11.4. The zero-order chi connectivity index (χ0) is 17.7. The van der Waals surface area contributed by atoms with Crippen molar-refractivity contribution in [2.75, 3.05) is 26.4 Å². The Hall–Kier alpha value is -0.870. The molecule has 0 saturated heterocycles. The average molecular weight is 343 g/mol. The third-order valence-corrected chi connectivity index (χ3v) is 3.94. The minimum Gasteiger partial charge on any atom is -0.460 e. The zero-order valence-electron chi connectivity index (χ0n) is 15.6. The molecule has 142 valence electrons. The molecule has 0 aliphatic rings. The number of aliphatic hydroxyl groups excluding tert-OH is 1. The van der Waals surface area contributed by atoms with E-state index in [0.717, 1.165) is 12.8 Å². The second-order valence-electron chi connectivity index (χ2n) is 6.23. The number of aliphatic hydroxyl groups is 1. The van der Waals surface area contributed by atoms with Gasteiger partial charge in [0.25, 0.3) is 0 Å². The Kier molecular flexibility index (Phi) is 19.4. The summed E-state index contributed by atoms with van der Waals surface area (Å²) in [6.07, 6.45) is 19.0. The van der Waals surface area contributed by atoms with E-state index in [2.05, 4.69) is 6.92 Å². The zero-order valence-corrected chi connectivity index (χ0v) is 15.6. The highest BCUT2D eigenvalue weighted by Gasteiger charge is 1.96. The molecule has 0 radical (unpaired) electrons. The van der Waals surface area contributed by atoms with Gasteiger partial charge in [0.15, 0.2) is 0 Å². The average Bonchev–Trinajstić information content (AvgIpc) is 2.59. The molecule has 0 amide bonds. The van der Waals surface area contributed by atoms with Crippen LogP contribution in [0.25, 0.3) is 0 Å². The topological polar surface area (TPSA) is 55.8 Å². The van der Waals surface area contributed by atoms with Crippen LogP contribution < -0.4 is 0 Å². The fourth-order valence-corrected chi connectivity index (χ4v) is 2.52. The first-order valence-corrected chi connectivity index (χ1v) is 9.83. The van der Waals surface area contributed by atoms with Crippen molar-refractivity contribution in [3.63, 3.8) is 0 Å². The molecule has 4 heteroatoms. The maximum atomic E-state index is 11.4. The second kappa shape index (κ2) is 20.2. The second-order valence-corrected chi connectivity index (χ2v) is 6.23. The van der Waals surface area contributed by atoms with E-state index < -0.39 is 0 Å². The lowest BCUT2D eigenvalue weighted by molar-refractivity contribution is -0.139. The maximum Gasteiger partial charge on any atom is 0.330 e. The summed E-state index contributed by atoms with van der Waals surface area (Å²) < 4.78 is 9.97. The number of carbonyl (C=O) groups excluding carboxylic acids is 1. The number of unbranched alkanes of at least 4 members (excludes halogenated alkanes) is 11. The molecule has 0 heterocycles. The van der Waals surface area contributed by atoms with Gasteiger partial charge in [0, 0.05) is 6.08 Å². The lowest BCUT2D eigenvalue weighted by Crippen LogP contribution is -2.10. The minimum absolute atomic E-state index is 0.00714. The maximum absolute atomic E-state index is 11.4. The van der Waals surface area contributed by atoms with Crippen LogP contribution in [-0.4, -0.2) is 37.5 Å². The van der Waals surface area contributed by atoms with Crippen LogP contribution in [0.4, 0.5) is 0 Å². The number of carbonyl (C=O) groups is 1. The Balaban J connectivity index is 3.21. The lowest BCUT2D eigenvalue weighted by Gasteiger charge is -2.02. The molecule has 0 saturated carbocycles. The first-order valence-electron chi connectivity index (χ1n) is 9.83. The molecule has 0 spiro atoms. The molecular formula is C20H38O4. The van der Waals surface area contributed by atoms with Gasteiger partial charge < -0.3 is 14.6 Å². The van der Waals surface area contributed by atoms with E-state index in [1.807, 2.05) is 6.08 Å². The molecule has 0 rings (SSSR count). The van der Waals surface area contributed by atoms with Gasteiger partial charge in [-0.1, -0.05) is 77.2 Å². The summed E-state index contributed by atoms with van der Waals surface area (Å²) in [6.45, 7) is 3.10. The number of ether oxygens (including phenoxy) is 2. The van der Waals surface area contributed by atoms with Gasteiger partial charge in [-0.05, 0) is 12.8 Å². The van der Waals surface area contributed by atoms with Crippen LogP contribution in [0.5, 0.6) is 0 Å². The predicted molar refractivity (Wildman–Crippen MR) is 99.1 cm³/mol. The van der Waals surface area contributed by atoms with Crippen molar-refractivity contribution in [3.05, 3.63) is 12.2 Å². The molecule has 0 aromatic heterocycles. The quantitative estimate of drug-likeness (QED) is 0.221. The summed E-state index contributed by atoms with van der Waals surface area (Å²) in [5.74, 6) is -0.314. The van der Waals surface area contributed by atoms with Gasteiger partial charge in [0.2, 0.25) is 0 Å². The van der Waals surface area contributed by atoms with Crippen LogP contribution in [0.3, 0.4) is 0 Å². The van der Waals surface area contributed by atoms with Gasteiger partial charge in [-0.25, -0.2) is 4.79 Å². The molecule has 0 atom stereocenters. The van der Waals surface area contributed by atoms with Crippen molar-refractivity contribution in [1.82, 2.24) is 0 Å². The van der Waals surface area contributed by atoms with Crippen molar-refractivity contribution in [3.8, 4) is 0 Å². The monoisotopic (exact) mass is 342 g/mol. The molecule has 0 aromatic carbocycles. The van der Waals surface area contributed by atoms with Gasteiger partial charge in [0.05, 0.1) is 19.8 Å². The molecule has 0 bridgehead atoms. The van der Waals surface area contributed by atoms with E-state index in [1.54, 1.807) is 0 Å². The molecule has 24 heavy (non-hydrogen) atoms. The molecule has 4 nitrogen and oxygen atoms in total. The Morgan fingerprint density at radius 1 is 0.833 bits per heavy atom. The Labute approximate surface area is 148 Å². The smallest absolute Gasteiger partial charge is 0.330 e. The number of hydrogen-bond donors (Lipinski definition) is 1. The summed E-state index contributed by atoms with van der Waals surface area (Å²) in [5, 5.41) is 8.52. The van der Waals surface area contributed by atoms with Gasteiger partial charge >= 0.3 is 5.97 Å². The molecule has 0 fully saturated rings. The third kappa shape index (κ3) is 19.2. The number of allylic oxidation sites excluding steroid dienone is 1. The molecular weight excluding hydrogens is 304 g/mol. The number of rotatable bonds is 18. The number of esters is 1. The van der Waals surface area contributed by atoms with Gasteiger partial charge in [-0.3, -0.25) is 0 Å². The number of hydrogen-bond acceptors (Lipinski definition) is 4. The predicted octanol–water partition coefficient (Wildman–Crippen LogP) is 4.80. The molecule has 1 N–H and O–H groups in total. The summed E-state index contributed by atoms with van der Waals surface area (Å²) >= 11 is 0. The highest BCUT2D eigenvalue weighted by Crippen LogP contribution is 2.11. The Morgan fingerprint density at radius 2 is 1.42 bits per heavy atom. The Morgan fingerprint density at radius 3 is 2.00 bits per heavy atom. The van der Waals surface area contributed by atoms with Crippen LogP contribution in [0.1, 0.15) is 84.0 Å². The SMILES string of the molecule is CCCCCCCCCCCCCC=CC(=O)OCCOCCO. The first kappa shape index (κ1) is 23.1. The van der Waals surface area contributed by atoms with E-state index in [1.165, 1.54) is 70.3 Å². The van der Waals surface area contributed by atoms with Crippen LogP contribution in [-0.2, 0) is 14.3 Å². The van der Waals surface area contributed by atoms with Crippen LogP contribution >= 0.6 is 0 Å². The van der Waals surface area contributed by atoms with E-state index in [9.17, 15) is 4.79 Å². The van der Waals surface area contributed by atoms with E-state index >= 15 is 0 Å².